The first-order valence-corrected chi connectivity index (χ1v) is 5.62. The lowest BCUT2D eigenvalue weighted by Crippen LogP contribution is -2.18. The van der Waals surface area contributed by atoms with Gasteiger partial charge in [0.1, 0.15) is 13.2 Å². The normalized spacial score (nSPS) is 9.53. The molecule has 19 heavy (non-hydrogen) atoms. The number of rotatable bonds is 5. The summed E-state index contributed by atoms with van der Waals surface area (Å²) in [5.41, 5.74) is 7.60. The van der Waals surface area contributed by atoms with Gasteiger partial charge in [0, 0.05) is 17.5 Å². The molecule has 0 aliphatic heterocycles. The molecule has 3 N–H and O–H groups in total. The quantitative estimate of drug-likeness (QED) is 0.366. The van der Waals surface area contributed by atoms with E-state index in [4.69, 9.17) is 10.5 Å². The molecule has 0 spiro atoms. The lowest BCUT2D eigenvalue weighted by atomic mass is 10.2. The molecule has 0 radical (unpaired) electrons. The van der Waals surface area contributed by atoms with Crippen LogP contribution < -0.4 is 11.1 Å². The van der Waals surface area contributed by atoms with E-state index in [1.807, 2.05) is 6.92 Å². The number of nitrogens with one attached hydrogen (secondary N) is 1. The zero-order valence-electron chi connectivity index (χ0n) is 10.6. The zero-order chi connectivity index (χ0) is 14.3. The number of hydrogen-bond acceptors (Lipinski definition) is 5. The van der Waals surface area contributed by atoms with Gasteiger partial charge < -0.3 is 15.2 Å². The van der Waals surface area contributed by atoms with Crippen LogP contribution in [0, 0.1) is 6.92 Å². The first-order chi connectivity index (χ1) is 9.02. The number of ether oxygens (including phenoxy) is 2. The Labute approximate surface area is 111 Å². The molecule has 0 fully saturated rings. The molecule has 0 aromatic heterocycles. The predicted molar refractivity (Wildman–Crippen MR) is 71.7 cm³/mol. The van der Waals surface area contributed by atoms with Gasteiger partial charge in [-0.05, 0) is 24.6 Å². The van der Waals surface area contributed by atoms with Crippen molar-refractivity contribution >= 4 is 23.4 Å². The Balaban J connectivity index is 2.37. The largest absolute Gasteiger partial charge is 0.459 e. The molecule has 1 amide bonds. The van der Waals surface area contributed by atoms with E-state index in [-0.39, 0.29) is 13.2 Å². The molecule has 1 aromatic carbocycles. The van der Waals surface area contributed by atoms with Crippen LogP contribution >= 0.6 is 0 Å². The number of amides is 1. The van der Waals surface area contributed by atoms with E-state index in [9.17, 15) is 9.59 Å². The molecule has 0 aliphatic carbocycles. The molecule has 1 rings (SSSR count). The van der Waals surface area contributed by atoms with Crippen LogP contribution in [-0.4, -0.2) is 25.3 Å². The zero-order valence-corrected chi connectivity index (χ0v) is 10.6. The second kappa shape index (κ2) is 7.05. The number of carbonyl (C=O) groups excluding carboxylic acids is 2. The fourth-order valence-corrected chi connectivity index (χ4v) is 1.26. The average Bonchev–Trinajstić information content (AvgIpc) is 2.38. The van der Waals surface area contributed by atoms with Gasteiger partial charge in [-0.1, -0.05) is 12.6 Å². The average molecular weight is 264 g/mol. The second-order valence-electron chi connectivity index (χ2n) is 3.71. The molecule has 1 aromatic rings. The Bertz CT molecular complexity index is 486. The van der Waals surface area contributed by atoms with E-state index in [0.717, 1.165) is 11.6 Å². The van der Waals surface area contributed by atoms with E-state index < -0.39 is 12.1 Å². The third kappa shape index (κ3) is 5.12. The van der Waals surface area contributed by atoms with Crippen molar-refractivity contribution in [2.45, 2.75) is 6.92 Å². The Hall–Kier alpha value is -2.50. The van der Waals surface area contributed by atoms with Crippen LogP contribution in [0.5, 0.6) is 0 Å². The molecule has 102 valence electrons. The van der Waals surface area contributed by atoms with Crippen LogP contribution in [0.15, 0.2) is 30.9 Å². The van der Waals surface area contributed by atoms with Gasteiger partial charge in [0.15, 0.2) is 0 Å². The number of benzene rings is 1. The SMILES string of the molecule is C=CC(=O)OCCOC(=O)Nc1cc(N)ccc1C. The summed E-state index contributed by atoms with van der Waals surface area (Å²) in [6.07, 6.45) is 0.402. The number of carbonyl (C=O) groups is 2. The molecular weight excluding hydrogens is 248 g/mol. The van der Waals surface area contributed by atoms with Crippen molar-refractivity contribution in [2.75, 3.05) is 24.3 Å². The standard InChI is InChI=1S/C13H16N2O4/c1-3-12(16)18-6-7-19-13(17)15-11-8-10(14)5-4-9(11)2/h3-5,8H,1,6-7,14H2,2H3,(H,15,17). The van der Waals surface area contributed by atoms with Crippen LogP contribution in [0.3, 0.4) is 0 Å². The van der Waals surface area contributed by atoms with E-state index in [1.165, 1.54) is 0 Å². The molecule has 6 heteroatoms. The fraction of sp³-hybridized carbons (Fsp3) is 0.231. The van der Waals surface area contributed by atoms with Gasteiger partial charge in [-0.2, -0.15) is 0 Å². The third-order valence-electron chi connectivity index (χ3n) is 2.23. The van der Waals surface area contributed by atoms with E-state index in [2.05, 4.69) is 16.6 Å². The topological polar surface area (TPSA) is 90.6 Å². The Kier molecular flexibility index (Phi) is 5.40. The number of aryl methyl sites for hydroxylation is 1. The van der Waals surface area contributed by atoms with Crippen molar-refractivity contribution < 1.29 is 19.1 Å². The highest BCUT2D eigenvalue weighted by molar-refractivity contribution is 5.86. The lowest BCUT2D eigenvalue weighted by Gasteiger charge is -2.09. The van der Waals surface area contributed by atoms with E-state index in [1.54, 1.807) is 18.2 Å². The number of hydrogen-bond donors (Lipinski definition) is 2. The van der Waals surface area contributed by atoms with Gasteiger partial charge >= 0.3 is 12.1 Å². The smallest absolute Gasteiger partial charge is 0.411 e. The molecule has 0 saturated heterocycles. The Morgan fingerprint density at radius 2 is 2.05 bits per heavy atom. The first kappa shape index (κ1) is 14.6. The van der Waals surface area contributed by atoms with Gasteiger partial charge in [0.2, 0.25) is 0 Å². The highest BCUT2D eigenvalue weighted by Gasteiger charge is 2.06. The van der Waals surface area contributed by atoms with Crippen molar-refractivity contribution in [2.24, 2.45) is 0 Å². The van der Waals surface area contributed by atoms with Gasteiger partial charge in [-0.15, -0.1) is 0 Å². The second-order valence-corrected chi connectivity index (χ2v) is 3.71. The first-order valence-electron chi connectivity index (χ1n) is 5.62. The van der Waals surface area contributed by atoms with E-state index >= 15 is 0 Å². The maximum absolute atomic E-state index is 11.5. The number of esters is 1. The van der Waals surface area contributed by atoms with Crippen molar-refractivity contribution in [1.29, 1.82) is 0 Å². The molecule has 0 saturated carbocycles. The minimum absolute atomic E-state index is 0.0197. The van der Waals surface area contributed by atoms with Crippen LogP contribution in [0.2, 0.25) is 0 Å². The summed E-state index contributed by atoms with van der Waals surface area (Å²) in [7, 11) is 0. The minimum Gasteiger partial charge on any atom is -0.459 e. The summed E-state index contributed by atoms with van der Waals surface area (Å²) >= 11 is 0. The van der Waals surface area contributed by atoms with Crippen molar-refractivity contribution in [3.8, 4) is 0 Å². The third-order valence-corrected chi connectivity index (χ3v) is 2.23. The molecular formula is C13H16N2O4. The number of anilines is 2. The van der Waals surface area contributed by atoms with Gasteiger partial charge in [-0.3, -0.25) is 5.32 Å². The van der Waals surface area contributed by atoms with Gasteiger partial charge in [0.05, 0.1) is 0 Å². The highest BCUT2D eigenvalue weighted by Crippen LogP contribution is 2.18. The fourth-order valence-electron chi connectivity index (χ4n) is 1.26. The summed E-state index contributed by atoms with van der Waals surface area (Å²) in [5, 5.41) is 2.55. The summed E-state index contributed by atoms with van der Waals surface area (Å²) in [6, 6.07) is 5.16. The minimum atomic E-state index is -0.636. The van der Waals surface area contributed by atoms with Crippen molar-refractivity contribution in [1.82, 2.24) is 0 Å². The maximum Gasteiger partial charge on any atom is 0.411 e. The number of nitrogen functional groups attached to an aromatic ring is 1. The lowest BCUT2D eigenvalue weighted by molar-refractivity contribution is -0.138. The number of nitrogens with two attached hydrogens (primary N) is 1. The Morgan fingerprint density at radius 1 is 1.37 bits per heavy atom. The van der Waals surface area contributed by atoms with Gasteiger partial charge in [0.25, 0.3) is 0 Å². The van der Waals surface area contributed by atoms with Crippen molar-refractivity contribution in [3.05, 3.63) is 36.4 Å². The van der Waals surface area contributed by atoms with Gasteiger partial charge in [-0.25, -0.2) is 9.59 Å². The van der Waals surface area contributed by atoms with Crippen LogP contribution in [0.4, 0.5) is 16.2 Å². The summed E-state index contributed by atoms with van der Waals surface area (Å²) in [5.74, 6) is -0.560. The molecule has 0 heterocycles. The Morgan fingerprint density at radius 3 is 2.74 bits per heavy atom. The monoisotopic (exact) mass is 264 g/mol. The molecule has 0 unspecified atom stereocenters. The van der Waals surface area contributed by atoms with Crippen LogP contribution in [0.25, 0.3) is 0 Å². The summed E-state index contributed by atoms with van der Waals surface area (Å²) in [4.78, 5) is 22.2. The summed E-state index contributed by atoms with van der Waals surface area (Å²) < 4.78 is 9.49. The van der Waals surface area contributed by atoms with Crippen LogP contribution in [-0.2, 0) is 14.3 Å². The highest BCUT2D eigenvalue weighted by atomic mass is 16.6. The van der Waals surface area contributed by atoms with E-state index in [0.29, 0.717) is 11.4 Å². The molecule has 0 atom stereocenters. The predicted octanol–water partition coefficient (Wildman–Crippen LogP) is 1.85. The van der Waals surface area contributed by atoms with Crippen molar-refractivity contribution in [3.63, 3.8) is 0 Å². The molecule has 0 bridgehead atoms. The summed E-state index contributed by atoms with van der Waals surface area (Å²) in [6.45, 7) is 5.02. The maximum atomic E-state index is 11.5. The van der Waals surface area contributed by atoms with Crippen LogP contribution in [0.1, 0.15) is 5.56 Å². The molecule has 6 nitrogen and oxygen atoms in total. The molecule has 0 aliphatic rings.